The lowest BCUT2D eigenvalue weighted by Gasteiger charge is -2.27. The monoisotopic (exact) mass is 153 g/mol. The average Bonchev–Trinajstić information content (AvgIpc) is 2.05. The summed E-state index contributed by atoms with van der Waals surface area (Å²) in [5, 5.41) is 3.50. The van der Waals surface area contributed by atoms with Crippen LogP contribution < -0.4 is 5.32 Å². The lowest BCUT2D eigenvalue weighted by atomic mass is 9.91. The molecule has 1 fully saturated rings. The quantitative estimate of drug-likeness (QED) is 0.600. The fourth-order valence-corrected chi connectivity index (χ4v) is 1.57. The summed E-state index contributed by atoms with van der Waals surface area (Å²) in [6, 6.07) is 0.601. The first kappa shape index (κ1) is 8.79. The molecule has 1 rings (SSSR count). The van der Waals surface area contributed by atoms with E-state index >= 15 is 0 Å². The smallest absolute Gasteiger partial charge is 0.0279 e. The molecule has 0 aromatic heterocycles. The van der Waals surface area contributed by atoms with Crippen molar-refractivity contribution in [1.29, 1.82) is 0 Å². The first-order valence-electron chi connectivity index (χ1n) is 4.64. The van der Waals surface area contributed by atoms with Gasteiger partial charge in [0.2, 0.25) is 0 Å². The molecule has 11 heavy (non-hydrogen) atoms. The maximum atomic E-state index is 4.12. The van der Waals surface area contributed by atoms with Crippen LogP contribution in [-0.2, 0) is 0 Å². The first-order valence-corrected chi connectivity index (χ1v) is 4.64. The third kappa shape index (κ3) is 2.33. The molecule has 0 radical (unpaired) electrons. The van der Waals surface area contributed by atoms with Crippen LogP contribution in [0.25, 0.3) is 0 Å². The van der Waals surface area contributed by atoms with E-state index in [1.165, 1.54) is 31.4 Å². The molecule has 0 aliphatic carbocycles. The second-order valence-electron chi connectivity index (χ2n) is 3.73. The number of hydrogen-bond donors (Lipinski definition) is 1. The number of rotatable bonds is 2. The Hall–Kier alpha value is -0.300. The van der Waals surface area contributed by atoms with Crippen molar-refractivity contribution in [1.82, 2.24) is 5.32 Å². The standard InChI is InChI=1S/C10H19N/c1-8(2)9(3)10-6-4-5-7-11-10/h8,10-11H,3-7H2,1-2H3/t10-/m1/s1. The maximum Gasteiger partial charge on any atom is 0.0279 e. The van der Waals surface area contributed by atoms with Gasteiger partial charge in [0.05, 0.1) is 0 Å². The summed E-state index contributed by atoms with van der Waals surface area (Å²) < 4.78 is 0. The van der Waals surface area contributed by atoms with Gasteiger partial charge in [0.25, 0.3) is 0 Å². The fraction of sp³-hybridized carbons (Fsp3) is 0.800. The first-order chi connectivity index (χ1) is 5.22. The van der Waals surface area contributed by atoms with E-state index in [1.807, 2.05) is 0 Å². The lowest BCUT2D eigenvalue weighted by Crippen LogP contribution is -2.36. The van der Waals surface area contributed by atoms with Crippen molar-refractivity contribution in [2.45, 2.75) is 39.2 Å². The molecule has 0 unspecified atom stereocenters. The molecule has 1 aliphatic rings. The van der Waals surface area contributed by atoms with Crippen LogP contribution in [0.4, 0.5) is 0 Å². The largest absolute Gasteiger partial charge is 0.310 e. The molecular weight excluding hydrogens is 134 g/mol. The van der Waals surface area contributed by atoms with Gasteiger partial charge < -0.3 is 5.32 Å². The van der Waals surface area contributed by atoms with E-state index < -0.39 is 0 Å². The highest BCUT2D eigenvalue weighted by Crippen LogP contribution is 2.19. The molecule has 1 aliphatic heterocycles. The van der Waals surface area contributed by atoms with E-state index in [-0.39, 0.29) is 0 Å². The highest BCUT2D eigenvalue weighted by Gasteiger charge is 2.16. The molecule has 0 bridgehead atoms. The van der Waals surface area contributed by atoms with Crippen LogP contribution in [0.15, 0.2) is 12.2 Å². The van der Waals surface area contributed by atoms with E-state index in [2.05, 4.69) is 25.7 Å². The number of nitrogens with one attached hydrogen (secondary N) is 1. The van der Waals surface area contributed by atoms with Crippen molar-refractivity contribution in [2.24, 2.45) is 5.92 Å². The number of piperidine rings is 1. The Kier molecular flexibility index (Phi) is 3.13. The third-order valence-corrected chi connectivity index (χ3v) is 2.50. The summed E-state index contributed by atoms with van der Waals surface area (Å²) in [5.74, 6) is 0.630. The van der Waals surface area contributed by atoms with E-state index in [0.717, 1.165) is 0 Å². The molecule has 0 amide bonds. The summed E-state index contributed by atoms with van der Waals surface area (Å²) in [5.41, 5.74) is 1.38. The van der Waals surface area contributed by atoms with E-state index in [0.29, 0.717) is 12.0 Å². The average molecular weight is 153 g/mol. The molecule has 1 N–H and O–H groups in total. The zero-order chi connectivity index (χ0) is 8.27. The minimum Gasteiger partial charge on any atom is -0.310 e. The van der Waals surface area contributed by atoms with E-state index in [9.17, 15) is 0 Å². The SMILES string of the molecule is C=C(C(C)C)[C@H]1CCCCN1. The van der Waals surface area contributed by atoms with Gasteiger partial charge in [-0.25, -0.2) is 0 Å². The second kappa shape index (κ2) is 3.91. The Balaban J connectivity index is 2.39. The van der Waals surface area contributed by atoms with Gasteiger partial charge in [-0.2, -0.15) is 0 Å². The molecule has 1 heterocycles. The van der Waals surface area contributed by atoms with Crippen LogP contribution in [0.5, 0.6) is 0 Å². The minimum absolute atomic E-state index is 0.601. The van der Waals surface area contributed by atoms with Gasteiger partial charge in [0.1, 0.15) is 0 Å². The van der Waals surface area contributed by atoms with Crippen molar-refractivity contribution >= 4 is 0 Å². The molecule has 1 saturated heterocycles. The molecule has 0 saturated carbocycles. The molecule has 0 aromatic rings. The van der Waals surface area contributed by atoms with Crippen LogP contribution in [0.3, 0.4) is 0 Å². The van der Waals surface area contributed by atoms with Gasteiger partial charge in [0.15, 0.2) is 0 Å². The normalized spacial score (nSPS) is 25.5. The van der Waals surface area contributed by atoms with Crippen LogP contribution >= 0.6 is 0 Å². The summed E-state index contributed by atoms with van der Waals surface area (Å²) >= 11 is 0. The van der Waals surface area contributed by atoms with Gasteiger partial charge in [-0.1, -0.05) is 32.4 Å². The fourth-order valence-electron chi connectivity index (χ4n) is 1.57. The summed E-state index contributed by atoms with van der Waals surface area (Å²) in [7, 11) is 0. The molecule has 1 heteroatoms. The molecule has 64 valence electrons. The molecule has 1 nitrogen and oxygen atoms in total. The molecular formula is C10H19N. The van der Waals surface area contributed by atoms with E-state index in [1.54, 1.807) is 0 Å². The van der Waals surface area contributed by atoms with Gasteiger partial charge >= 0.3 is 0 Å². The van der Waals surface area contributed by atoms with E-state index in [4.69, 9.17) is 0 Å². The van der Waals surface area contributed by atoms with Crippen molar-refractivity contribution in [3.05, 3.63) is 12.2 Å². The highest BCUT2D eigenvalue weighted by atomic mass is 14.9. The second-order valence-corrected chi connectivity index (χ2v) is 3.73. The maximum absolute atomic E-state index is 4.12. The van der Waals surface area contributed by atoms with Crippen LogP contribution in [0.2, 0.25) is 0 Å². The topological polar surface area (TPSA) is 12.0 Å². The highest BCUT2D eigenvalue weighted by molar-refractivity contribution is 5.08. The van der Waals surface area contributed by atoms with Crippen molar-refractivity contribution in [3.63, 3.8) is 0 Å². The predicted molar refractivity (Wildman–Crippen MR) is 49.6 cm³/mol. The van der Waals surface area contributed by atoms with Crippen LogP contribution in [0, 0.1) is 5.92 Å². The van der Waals surface area contributed by atoms with Crippen LogP contribution in [0.1, 0.15) is 33.1 Å². The lowest BCUT2D eigenvalue weighted by molar-refractivity contribution is 0.420. The van der Waals surface area contributed by atoms with Crippen molar-refractivity contribution < 1.29 is 0 Å². The Labute approximate surface area is 69.9 Å². The zero-order valence-corrected chi connectivity index (χ0v) is 7.69. The Morgan fingerprint density at radius 3 is 2.64 bits per heavy atom. The van der Waals surface area contributed by atoms with Gasteiger partial charge in [0, 0.05) is 6.04 Å². The van der Waals surface area contributed by atoms with Gasteiger partial charge in [-0.05, 0) is 25.3 Å². The predicted octanol–water partition coefficient (Wildman–Crippen LogP) is 2.34. The summed E-state index contributed by atoms with van der Waals surface area (Å²) in [6.45, 7) is 9.73. The van der Waals surface area contributed by atoms with Gasteiger partial charge in [-0.3, -0.25) is 0 Å². The minimum atomic E-state index is 0.601. The van der Waals surface area contributed by atoms with Crippen molar-refractivity contribution in [2.75, 3.05) is 6.54 Å². The number of hydrogen-bond acceptors (Lipinski definition) is 1. The Morgan fingerprint density at radius 2 is 2.18 bits per heavy atom. The third-order valence-electron chi connectivity index (χ3n) is 2.50. The molecule has 0 spiro atoms. The Bertz CT molecular complexity index is 132. The van der Waals surface area contributed by atoms with Crippen molar-refractivity contribution in [3.8, 4) is 0 Å². The molecule has 1 atom stereocenters. The zero-order valence-electron chi connectivity index (χ0n) is 7.69. The Morgan fingerprint density at radius 1 is 1.45 bits per heavy atom. The molecule has 0 aromatic carbocycles. The van der Waals surface area contributed by atoms with Gasteiger partial charge in [-0.15, -0.1) is 0 Å². The summed E-state index contributed by atoms with van der Waals surface area (Å²) in [4.78, 5) is 0. The van der Waals surface area contributed by atoms with Crippen LogP contribution in [-0.4, -0.2) is 12.6 Å². The summed E-state index contributed by atoms with van der Waals surface area (Å²) in [6.07, 6.45) is 3.99.